The van der Waals surface area contributed by atoms with Gasteiger partial charge in [0, 0.05) is 29.5 Å². The van der Waals surface area contributed by atoms with E-state index in [0.29, 0.717) is 23.6 Å². The first-order chi connectivity index (χ1) is 13.2. The van der Waals surface area contributed by atoms with Crippen LogP contribution < -0.4 is 11.1 Å². The number of nitrogens with two attached hydrogens (primary N) is 1. The highest BCUT2D eigenvalue weighted by Crippen LogP contribution is 2.40. The van der Waals surface area contributed by atoms with Crippen molar-refractivity contribution in [1.29, 1.82) is 0 Å². The molecule has 2 heterocycles. The molecule has 6 nitrogen and oxygen atoms in total. The Morgan fingerprint density at radius 3 is 2.81 bits per heavy atom. The maximum absolute atomic E-state index is 6.33. The van der Waals surface area contributed by atoms with Gasteiger partial charge in [-0.15, -0.1) is 5.10 Å². The lowest BCUT2D eigenvalue weighted by Gasteiger charge is -2.15. The Bertz CT molecular complexity index is 1150. The van der Waals surface area contributed by atoms with Crippen molar-refractivity contribution in [3.63, 3.8) is 0 Å². The lowest BCUT2D eigenvalue weighted by atomic mass is 9.92. The fourth-order valence-corrected chi connectivity index (χ4v) is 3.92. The van der Waals surface area contributed by atoms with Gasteiger partial charge in [-0.2, -0.15) is 0 Å². The molecule has 0 radical (unpaired) electrons. The number of hydrogen-bond acceptors (Lipinski definition) is 6. The summed E-state index contributed by atoms with van der Waals surface area (Å²) in [6.07, 6.45) is 2.15. The van der Waals surface area contributed by atoms with E-state index >= 15 is 0 Å². The summed E-state index contributed by atoms with van der Waals surface area (Å²) in [5.74, 6) is 1.43. The maximum atomic E-state index is 6.33. The molecular formula is C21H19N5O. The number of nitrogen functional groups attached to an aromatic ring is 1. The van der Waals surface area contributed by atoms with Crippen LogP contribution in [-0.4, -0.2) is 15.2 Å². The van der Waals surface area contributed by atoms with Crippen molar-refractivity contribution in [2.45, 2.75) is 25.7 Å². The average molecular weight is 357 g/mol. The molecule has 0 fully saturated rings. The number of aromatic nitrogens is 3. The van der Waals surface area contributed by atoms with E-state index in [-0.39, 0.29) is 0 Å². The SMILES string of the molecule is Cc1nnc(Nc2ccc3nc(N)c([C@@H]4CCc5ccccc54)cc3c2)o1. The molecule has 3 N–H and O–H groups in total. The number of fused-ring (bicyclic) bond motifs is 2. The van der Waals surface area contributed by atoms with Crippen LogP contribution in [0, 0.1) is 6.92 Å². The molecule has 0 spiro atoms. The summed E-state index contributed by atoms with van der Waals surface area (Å²) in [5, 5.41) is 12.0. The van der Waals surface area contributed by atoms with E-state index in [1.165, 1.54) is 11.1 Å². The normalized spacial score (nSPS) is 15.8. The summed E-state index contributed by atoms with van der Waals surface area (Å²) in [7, 11) is 0. The molecule has 1 atom stereocenters. The van der Waals surface area contributed by atoms with Crippen LogP contribution in [0.25, 0.3) is 10.9 Å². The fraction of sp³-hybridized carbons (Fsp3) is 0.190. The molecular weight excluding hydrogens is 338 g/mol. The molecule has 0 amide bonds. The van der Waals surface area contributed by atoms with E-state index in [1.807, 2.05) is 18.2 Å². The Kier molecular flexibility index (Phi) is 3.57. The Balaban J connectivity index is 1.55. The van der Waals surface area contributed by atoms with Crippen LogP contribution in [0.15, 0.2) is 52.9 Å². The largest absolute Gasteiger partial charge is 0.408 e. The van der Waals surface area contributed by atoms with E-state index in [9.17, 15) is 0 Å². The molecule has 2 aromatic heterocycles. The molecule has 134 valence electrons. The average Bonchev–Trinajstić information content (AvgIpc) is 3.27. The van der Waals surface area contributed by atoms with Gasteiger partial charge in [0.15, 0.2) is 0 Å². The highest BCUT2D eigenvalue weighted by atomic mass is 16.4. The number of nitrogens with zero attached hydrogens (tertiary/aromatic N) is 3. The van der Waals surface area contributed by atoms with Crippen molar-refractivity contribution in [1.82, 2.24) is 15.2 Å². The summed E-state index contributed by atoms with van der Waals surface area (Å²) in [5.41, 5.74) is 11.9. The lowest BCUT2D eigenvalue weighted by molar-refractivity contribution is 0.535. The third-order valence-electron chi connectivity index (χ3n) is 5.16. The second-order valence-corrected chi connectivity index (χ2v) is 6.91. The Morgan fingerprint density at radius 1 is 1.07 bits per heavy atom. The number of pyridine rings is 1. The molecule has 4 aromatic rings. The van der Waals surface area contributed by atoms with Gasteiger partial charge in [0.2, 0.25) is 5.89 Å². The quantitative estimate of drug-likeness (QED) is 0.567. The van der Waals surface area contributed by atoms with Gasteiger partial charge >= 0.3 is 6.01 Å². The second-order valence-electron chi connectivity index (χ2n) is 6.91. The zero-order valence-corrected chi connectivity index (χ0v) is 14.9. The first-order valence-electron chi connectivity index (χ1n) is 9.02. The topological polar surface area (TPSA) is 89.9 Å². The van der Waals surface area contributed by atoms with Crippen molar-refractivity contribution in [3.05, 3.63) is 71.1 Å². The molecule has 1 aliphatic rings. The molecule has 5 rings (SSSR count). The van der Waals surface area contributed by atoms with Gasteiger partial charge in [-0.25, -0.2) is 4.98 Å². The van der Waals surface area contributed by atoms with Crippen LogP contribution in [0.2, 0.25) is 0 Å². The first kappa shape index (κ1) is 15.8. The fourth-order valence-electron chi connectivity index (χ4n) is 3.92. The van der Waals surface area contributed by atoms with Gasteiger partial charge < -0.3 is 15.5 Å². The Labute approximate surface area is 156 Å². The van der Waals surface area contributed by atoms with Crippen LogP contribution in [0.4, 0.5) is 17.5 Å². The molecule has 0 aliphatic heterocycles. The molecule has 0 bridgehead atoms. The van der Waals surface area contributed by atoms with Crippen LogP contribution in [0.1, 0.15) is 34.9 Å². The Hall–Kier alpha value is -3.41. The molecule has 0 unspecified atom stereocenters. The van der Waals surface area contributed by atoms with E-state index in [1.54, 1.807) is 6.92 Å². The van der Waals surface area contributed by atoms with E-state index in [2.05, 4.69) is 50.8 Å². The highest BCUT2D eigenvalue weighted by Gasteiger charge is 2.25. The second kappa shape index (κ2) is 6.09. The number of benzene rings is 2. The standard InChI is InChI=1S/C21H19N5O/c1-12-25-26-21(27-12)23-15-7-9-19-14(10-15)11-18(20(22)24-19)17-8-6-13-4-2-3-5-16(13)17/h2-5,7,9-11,17H,6,8H2,1H3,(H2,22,24)(H,23,26)/t17-/m1/s1. The maximum Gasteiger partial charge on any atom is 0.320 e. The van der Waals surface area contributed by atoms with Crippen LogP contribution in [0.5, 0.6) is 0 Å². The smallest absolute Gasteiger partial charge is 0.320 e. The Morgan fingerprint density at radius 2 is 1.96 bits per heavy atom. The van der Waals surface area contributed by atoms with Crippen molar-refractivity contribution < 1.29 is 4.42 Å². The van der Waals surface area contributed by atoms with Crippen molar-refractivity contribution >= 4 is 28.4 Å². The minimum absolute atomic E-state index is 0.299. The predicted octanol–water partition coefficient (Wildman–Crippen LogP) is 4.33. The summed E-state index contributed by atoms with van der Waals surface area (Å²) in [6, 6.07) is 17.0. The number of aryl methyl sites for hydroxylation is 2. The van der Waals surface area contributed by atoms with Crippen LogP contribution >= 0.6 is 0 Å². The number of nitrogens with one attached hydrogen (secondary N) is 1. The highest BCUT2D eigenvalue weighted by molar-refractivity contribution is 5.85. The summed E-state index contributed by atoms with van der Waals surface area (Å²) in [6.45, 7) is 1.76. The third-order valence-corrected chi connectivity index (χ3v) is 5.16. The van der Waals surface area contributed by atoms with Crippen LogP contribution in [-0.2, 0) is 6.42 Å². The van der Waals surface area contributed by atoms with Gasteiger partial charge in [0.25, 0.3) is 0 Å². The summed E-state index contributed by atoms with van der Waals surface area (Å²) < 4.78 is 5.39. The van der Waals surface area contributed by atoms with E-state index in [4.69, 9.17) is 10.2 Å². The minimum atomic E-state index is 0.299. The van der Waals surface area contributed by atoms with Crippen molar-refractivity contribution in [2.75, 3.05) is 11.1 Å². The molecule has 27 heavy (non-hydrogen) atoms. The third kappa shape index (κ3) is 2.79. The molecule has 0 saturated heterocycles. The van der Waals surface area contributed by atoms with Gasteiger partial charge in [0.1, 0.15) is 5.82 Å². The predicted molar refractivity (Wildman–Crippen MR) is 105 cm³/mol. The van der Waals surface area contributed by atoms with Gasteiger partial charge in [-0.1, -0.05) is 29.4 Å². The zero-order valence-electron chi connectivity index (χ0n) is 14.9. The van der Waals surface area contributed by atoms with Gasteiger partial charge in [-0.3, -0.25) is 0 Å². The summed E-state index contributed by atoms with van der Waals surface area (Å²) in [4.78, 5) is 4.64. The number of anilines is 3. The molecule has 6 heteroatoms. The van der Waals surface area contributed by atoms with Crippen LogP contribution in [0.3, 0.4) is 0 Å². The molecule has 1 aliphatic carbocycles. The first-order valence-corrected chi connectivity index (χ1v) is 9.02. The minimum Gasteiger partial charge on any atom is -0.408 e. The molecule has 2 aromatic carbocycles. The molecule has 0 saturated carbocycles. The summed E-state index contributed by atoms with van der Waals surface area (Å²) >= 11 is 0. The number of hydrogen-bond donors (Lipinski definition) is 2. The zero-order chi connectivity index (χ0) is 18.4. The lowest BCUT2D eigenvalue weighted by Crippen LogP contribution is -2.04. The number of rotatable bonds is 3. The van der Waals surface area contributed by atoms with Crippen molar-refractivity contribution in [2.24, 2.45) is 0 Å². The monoisotopic (exact) mass is 357 g/mol. The van der Waals surface area contributed by atoms with E-state index < -0.39 is 0 Å². The van der Waals surface area contributed by atoms with E-state index in [0.717, 1.165) is 35.0 Å². The van der Waals surface area contributed by atoms with Gasteiger partial charge in [-0.05, 0) is 48.2 Å². The van der Waals surface area contributed by atoms with Crippen molar-refractivity contribution in [3.8, 4) is 0 Å². The van der Waals surface area contributed by atoms with Gasteiger partial charge in [0.05, 0.1) is 5.52 Å².